The van der Waals surface area contributed by atoms with E-state index in [2.05, 4.69) is 10.3 Å². The molecule has 0 aliphatic carbocycles. The first-order valence-corrected chi connectivity index (χ1v) is 12.7. The monoisotopic (exact) mass is 507 g/mol. The van der Waals surface area contributed by atoms with E-state index in [0.717, 1.165) is 0 Å². The normalized spacial score (nSPS) is 22.5. The number of anilines is 1. The Morgan fingerprint density at radius 1 is 1.23 bits per heavy atom. The molecule has 0 spiro atoms. The molecule has 3 atom stereocenters. The molecule has 0 unspecified atom stereocenters. The van der Waals surface area contributed by atoms with Gasteiger partial charge in [0.15, 0.2) is 5.03 Å². The third-order valence-corrected chi connectivity index (χ3v) is 7.83. The van der Waals surface area contributed by atoms with Gasteiger partial charge in [-0.1, -0.05) is 6.92 Å². The van der Waals surface area contributed by atoms with Gasteiger partial charge in [0.2, 0.25) is 5.91 Å². The quantitative estimate of drug-likeness (QED) is 0.666. The van der Waals surface area contributed by atoms with Crippen molar-refractivity contribution in [3.05, 3.63) is 36.3 Å². The lowest BCUT2D eigenvalue weighted by atomic mass is 10.0. The van der Waals surface area contributed by atoms with Crippen LogP contribution in [0.25, 0.3) is 0 Å². The summed E-state index contributed by atoms with van der Waals surface area (Å²) >= 11 is 0. The summed E-state index contributed by atoms with van der Waals surface area (Å²) in [5.74, 6) is -0.524. The summed E-state index contributed by atoms with van der Waals surface area (Å²) in [7, 11) is 0.963. The Hall–Kier alpha value is -2.96. The van der Waals surface area contributed by atoms with Gasteiger partial charge in [0.05, 0.1) is 24.0 Å². The van der Waals surface area contributed by atoms with Crippen LogP contribution in [0.3, 0.4) is 0 Å². The first-order chi connectivity index (χ1) is 16.4. The second kappa shape index (κ2) is 10.8. The minimum absolute atomic E-state index is 0.0239. The van der Waals surface area contributed by atoms with Crippen LogP contribution in [0.2, 0.25) is 0 Å². The Morgan fingerprint density at radius 2 is 1.94 bits per heavy atom. The van der Waals surface area contributed by atoms with Gasteiger partial charge in [-0.3, -0.25) is 9.59 Å². The fourth-order valence-corrected chi connectivity index (χ4v) is 5.68. The number of ether oxygens (including phenoxy) is 2. The van der Waals surface area contributed by atoms with E-state index in [9.17, 15) is 18.0 Å². The predicted molar refractivity (Wildman–Crippen MR) is 130 cm³/mol. The van der Waals surface area contributed by atoms with E-state index in [1.165, 1.54) is 28.7 Å². The van der Waals surface area contributed by atoms with Crippen molar-refractivity contribution in [2.75, 3.05) is 39.2 Å². The number of imidazole rings is 1. The van der Waals surface area contributed by atoms with Crippen LogP contribution in [-0.4, -0.2) is 85.0 Å². The summed E-state index contributed by atoms with van der Waals surface area (Å²) in [4.78, 5) is 30.3. The number of rotatable bonds is 4. The summed E-state index contributed by atoms with van der Waals surface area (Å²) in [6, 6.07) is 4.18. The van der Waals surface area contributed by atoms with Crippen molar-refractivity contribution in [3.8, 4) is 5.75 Å². The number of sulfonamides is 1. The van der Waals surface area contributed by atoms with Crippen molar-refractivity contribution in [2.45, 2.75) is 37.9 Å². The highest BCUT2D eigenvalue weighted by molar-refractivity contribution is 7.89. The molecule has 0 saturated carbocycles. The van der Waals surface area contributed by atoms with Crippen LogP contribution in [0.4, 0.5) is 5.69 Å². The Morgan fingerprint density at radius 3 is 2.54 bits per heavy atom. The van der Waals surface area contributed by atoms with Gasteiger partial charge in [0.25, 0.3) is 15.9 Å². The molecule has 0 saturated heterocycles. The lowest BCUT2D eigenvalue weighted by Gasteiger charge is -2.35. The van der Waals surface area contributed by atoms with Crippen LogP contribution in [0.15, 0.2) is 35.7 Å². The number of fused-ring (bicyclic) bond motifs is 1. The van der Waals surface area contributed by atoms with Crippen molar-refractivity contribution >= 4 is 27.5 Å². The van der Waals surface area contributed by atoms with E-state index in [1.807, 2.05) is 6.92 Å². The molecule has 0 fully saturated rings. The Kier molecular flexibility index (Phi) is 8.18. The molecular formula is C23H33N5O6S. The van der Waals surface area contributed by atoms with Crippen LogP contribution >= 0.6 is 0 Å². The van der Waals surface area contributed by atoms with Gasteiger partial charge in [-0.2, -0.15) is 4.31 Å². The van der Waals surface area contributed by atoms with Gasteiger partial charge in [0, 0.05) is 59.2 Å². The molecule has 0 bridgehead atoms. The molecule has 11 nitrogen and oxygen atoms in total. The first kappa shape index (κ1) is 26.6. The smallest absolute Gasteiger partial charge is 0.262 e. The number of hydrogen-bond acceptors (Lipinski definition) is 7. The molecule has 2 heterocycles. The number of carbonyl (C=O) groups is 2. The Labute approximate surface area is 206 Å². The number of aromatic nitrogens is 2. The fourth-order valence-electron chi connectivity index (χ4n) is 4.00. The highest BCUT2D eigenvalue weighted by Gasteiger charge is 2.35. The van der Waals surface area contributed by atoms with Gasteiger partial charge < -0.3 is 24.3 Å². The van der Waals surface area contributed by atoms with E-state index < -0.39 is 22.2 Å². The average molecular weight is 508 g/mol. The topological polar surface area (TPSA) is 123 Å². The second-order valence-corrected chi connectivity index (χ2v) is 10.8. The molecule has 12 heteroatoms. The van der Waals surface area contributed by atoms with Gasteiger partial charge in [-0.05, 0) is 25.0 Å². The summed E-state index contributed by atoms with van der Waals surface area (Å²) < 4.78 is 41.7. The summed E-state index contributed by atoms with van der Waals surface area (Å²) in [6.45, 7) is 5.38. The number of nitrogens with zero attached hydrogens (tertiary/aromatic N) is 4. The van der Waals surface area contributed by atoms with Crippen LogP contribution < -0.4 is 10.1 Å². The van der Waals surface area contributed by atoms with Crippen molar-refractivity contribution < 1.29 is 27.5 Å². The zero-order valence-electron chi connectivity index (χ0n) is 20.9. The summed E-state index contributed by atoms with van der Waals surface area (Å²) in [5, 5.41) is 2.62. The molecule has 1 aromatic heterocycles. The maximum Gasteiger partial charge on any atom is 0.262 e. The number of nitrogens with one attached hydrogen (secondary N) is 1. The zero-order valence-corrected chi connectivity index (χ0v) is 21.7. The summed E-state index contributed by atoms with van der Waals surface area (Å²) in [6.07, 6.45) is 2.48. The third kappa shape index (κ3) is 6.00. The van der Waals surface area contributed by atoms with Crippen molar-refractivity contribution in [1.29, 1.82) is 0 Å². The zero-order chi connectivity index (χ0) is 25.9. The number of amides is 2. The molecule has 3 rings (SSSR count). The molecular weight excluding hydrogens is 474 g/mol. The minimum Gasteiger partial charge on any atom is -0.491 e. The second-order valence-electron chi connectivity index (χ2n) is 8.94. The minimum atomic E-state index is -3.94. The number of likely N-dealkylation sites (N-methyl/N-ethyl adjacent to an activating group) is 1. The van der Waals surface area contributed by atoms with E-state index >= 15 is 0 Å². The Bertz CT molecular complexity index is 1180. The standard InChI is InChI=1S/C23H33N5O6S/c1-15-10-28(35(31,32)22-12-26(4)14-24-22)16(2)13-34-20-9-18(25-17(3)29)7-8-19(20)23(30)27(5)11-21(15)33-6/h7-9,12,14-16,21H,10-11,13H2,1-6H3,(H,25,29)/t15-,16+,21+/m0/s1. The van der Waals surface area contributed by atoms with E-state index in [-0.39, 0.29) is 48.2 Å². The van der Waals surface area contributed by atoms with E-state index in [0.29, 0.717) is 11.3 Å². The maximum atomic E-state index is 13.5. The number of methoxy groups -OCH3 is 1. The maximum absolute atomic E-state index is 13.5. The molecule has 2 amide bonds. The highest BCUT2D eigenvalue weighted by Crippen LogP contribution is 2.28. The molecule has 192 valence electrons. The fraction of sp³-hybridized carbons (Fsp3) is 0.522. The SMILES string of the molecule is CO[C@@H]1CN(C)C(=O)c2ccc(NC(C)=O)cc2OC[C@@H](C)N(S(=O)(=O)c2cn(C)cn2)C[C@@H]1C. The van der Waals surface area contributed by atoms with E-state index in [4.69, 9.17) is 9.47 Å². The first-order valence-electron chi connectivity index (χ1n) is 11.3. The van der Waals surface area contributed by atoms with Crippen LogP contribution in [-0.2, 0) is 26.6 Å². The van der Waals surface area contributed by atoms with Crippen molar-refractivity contribution in [2.24, 2.45) is 13.0 Å². The van der Waals surface area contributed by atoms with E-state index in [1.54, 1.807) is 50.9 Å². The number of carbonyl (C=O) groups excluding carboxylic acids is 2. The van der Waals surface area contributed by atoms with Gasteiger partial charge >= 0.3 is 0 Å². The van der Waals surface area contributed by atoms with Gasteiger partial charge in [0.1, 0.15) is 12.4 Å². The predicted octanol–water partition coefficient (Wildman–Crippen LogP) is 1.57. The molecule has 1 aliphatic heterocycles. The number of aryl methyl sites for hydroxylation is 1. The molecule has 1 aromatic carbocycles. The van der Waals surface area contributed by atoms with Gasteiger partial charge in [-0.25, -0.2) is 13.4 Å². The lowest BCUT2D eigenvalue weighted by molar-refractivity contribution is -0.114. The van der Waals surface area contributed by atoms with Gasteiger partial charge in [-0.15, -0.1) is 0 Å². The molecule has 1 N–H and O–H groups in total. The van der Waals surface area contributed by atoms with Crippen LogP contribution in [0.1, 0.15) is 31.1 Å². The molecule has 35 heavy (non-hydrogen) atoms. The third-order valence-electron chi connectivity index (χ3n) is 5.96. The van der Waals surface area contributed by atoms with Crippen LogP contribution in [0.5, 0.6) is 5.75 Å². The molecule has 1 aliphatic rings. The lowest BCUT2D eigenvalue weighted by Crippen LogP contribution is -2.48. The average Bonchev–Trinajstić information content (AvgIpc) is 3.24. The molecule has 2 aromatic rings. The van der Waals surface area contributed by atoms with Crippen LogP contribution in [0, 0.1) is 5.92 Å². The Balaban J connectivity index is 2.05. The number of hydrogen-bond donors (Lipinski definition) is 1. The largest absolute Gasteiger partial charge is 0.491 e. The highest BCUT2D eigenvalue weighted by atomic mass is 32.2. The van der Waals surface area contributed by atoms with Crippen molar-refractivity contribution in [3.63, 3.8) is 0 Å². The summed E-state index contributed by atoms with van der Waals surface area (Å²) in [5.41, 5.74) is 0.767. The molecule has 0 radical (unpaired) electrons. The number of benzene rings is 1. The van der Waals surface area contributed by atoms with Crippen molar-refractivity contribution in [1.82, 2.24) is 18.8 Å².